The van der Waals surface area contributed by atoms with E-state index >= 15 is 0 Å². The summed E-state index contributed by atoms with van der Waals surface area (Å²) in [5.41, 5.74) is -2.01. The molecule has 1 N–H and O–H groups in total. The first kappa shape index (κ1) is 25.3. The first-order valence-corrected chi connectivity index (χ1v) is 10.8. The maximum Gasteiger partial charge on any atom is 0.417 e. The van der Waals surface area contributed by atoms with E-state index in [1.165, 1.54) is 0 Å². The Balaban J connectivity index is 1.85. The molecule has 0 aliphatic carbocycles. The minimum atomic E-state index is -4.56. The molecule has 1 saturated heterocycles. The first-order valence-electron chi connectivity index (χ1n) is 10.4. The van der Waals surface area contributed by atoms with E-state index in [-0.39, 0.29) is 54.1 Å². The Morgan fingerprint density at radius 2 is 1.59 bits per heavy atom. The molecule has 184 valence electrons. The minimum absolute atomic E-state index is 0.0105. The summed E-state index contributed by atoms with van der Waals surface area (Å²) in [5, 5.41) is -0.136. The molecular formula is C21H22ClF3N4O5. The predicted octanol–water partition coefficient (Wildman–Crippen LogP) is 3.12. The molecule has 0 atom stereocenters. The fraction of sp³-hybridized carbons (Fsp3) is 0.429. The lowest BCUT2D eigenvalue weighted by molar-refractivity contribution is -0.137. The van der Waals surface area contributed by atoms with Crippen LogP contribution < -0.4 is 15.4 Å². The number of halogens is 4. The van der Waals surface area contributed by atoms with E-state index in [1.807, 2.05) is 0 Å². The Hall–Kier alpha value is -3.28. The van der Waals surface area contributed by atoms with Crippen LogP contribution in [0.15, 0.2) is 23.1 Å². The Labute approximate surface area is 197 Å². The second-order valence-electron chi connectivity index (χ2n) is 7.22. The number of ether oxygens (including phenoxy) is 2. The molecule has 0 spiro atoms. The van der Waals surface area contributed by atoms with Gasteiger partial charge in [0.2, 0.25) is 0 Å². The van der Waals surface area contributed by atoms with Gasteiger partial charge in [-0.2, -0.15) is 13.2 Å². The number of alkyl halides is 3. The molecule has 1 aliphatic rings. The number of hydrogen-bond acceptors (Lipinski definition) is 8. The summed E-state index contributed by atoms with van der Waals surface area (Å²) in [4.78, 5) is 47.0. The topological polar surface area (TPSA) is 105 Å². The maximum atomic E-state index is 12.9. The van der Waals surface area contributed by atoms with Gasteiger partial charge in [0.15, 0.2) is 0 Å². The summed E-state index contributed by atoms with van der Waals surface area (Å²) in [7, 11) is 0. The van der Waals surface area contributed by atoms with Crippen LogP contribution in [0.2, 0.25) is 5.02 Å². The third-order valence-corrected chi connectivity index (χ3v) is 5.33. The number of aromatic nitrogens is 2. The number of anilines is 2. The number of nitrogens with one attached hydrogen (secondary N) is 1. The van der Waals surface area contributed by atoms with Gasteiger partial charge in [-0.3, -0.25) is 4.79 Å². The van der Waals surface area contributed by atoms with Gasteiger partial charge in [0.05, 0.1) is 23.8 Å². The van der Waals surface area contributed by atoms with Crippen molar-refractivity contribution in [2.24, 2.45) is 0 Å². The van der Waals surface area contributed by atoms with Crippen LogP contribution in [0.5, 0.6) is 0 Å². The highest BCUT2D eigenvalue weighted by atomic mass is 35.5. The summed E-state index contributed by atoms with van der Waals surface area (Å²) in [6, 6.07) is 1.96. The molecule has 2 aromatic rings. The second-order valence-corrected chi connectivity index (χ2v) is 7.62. The van der Waals surface area contributed by atoms with Crippen molar-refractivity contribution in [1.82, 2.24) is 9.97 Å². The van der Waals surface area contributed by atoms with Crippen LogP contribution in [0.25, 0.3) is 0 Å². The SMILES string of the molecule is CCOC(=O)c1cc(C(=O)OCC)c(=O)[nH]c1N1CCN(c2ncc(C(F)(F)F)cc2Cl)CC1. The average Bonchev–Trinajstić information content (AvgIpc) is 2.78. The van der Waals surface area contributed by atoms with E-state index in [4.69, 9.17) is 21.1 Å². The van der Waals surface area contributed by atoms with Crippen molar-refractivity contribution in [2.45, 2.75) is 20.0 Å². The number of piperazine rings is 1. The van der Waals surface area contributed by atoms with E-state index < -0.39 is 29.2 Å². The molecule has 13 heteroatoms. The summed E-state index contributed by atoms with van der Waals surface area (Å²) < 4.78 is 48.6. The highest BCUT2D eigenvalue weighted by Crippen LogP contribution is 2.34. The maximum absolute atomic E-state index is 12.9. The molecule has 0 unspecified atom stereocenters. The second kappa shape index (κ2) is 10.3. The molecule has 2 aromatic heterocycles. The van der Waals surface area contributed by atoms with Crippen LogP contribution >= 0.6 is 11.6 Å². The quantitative estimate of drug-likeness (QED) is 0.601. The van der Waals surface area contributed by atoms with E-state index in [0.717, 1.165) is 18.3 Å². The molecule has 34 heavy (non-hydrogen) atoms. The molecule has 9 nitrogen and oxygen atoms in total. The molecule has 0 bridgehead atoms. The Kier molecular flexibility index (Phi) is 7.70. The number of aromatic amines is 1. The highest BCUT2D eigenvalue weighted by molar-refractivity contribution is 6.33. The van der Waals surface area contributed by atoms with Gasteiger partial charge < -0.3 is 24.3 Å². The molecular weight excluding hydrogens is 481 g/mol. The van der Waals surface area contributed by atoms with Crippen LogP contribution in [-0.4, -0.2) is 61.3 Å². The molecule has 3 heterocycles. The van der Waals surface area contributed by atoms with Crippen molar-refractivity contribution in [3.8, 4) is 0 Å². The largest absolute Gasteiger partial charge is 0.462 e. The highest BCUT2D eigenvalue weighted by Gasteiger charge is 2.33. The monoisotopic (exact) mass is 502 g/mol. The number of pyridine rings is 2. The minimum Gasteiger partial charge on any atom is -0.462 e. The number of H-pyrrole nitrogens is 1. The van der Waals surface area contributed by atoms with Crippen LogP contribution in [0.4, 0.5) is 24.8 Å². The lowest BCUT2D eigenvalue weighted by atomic mass is 10.1. The van der Waals surface area contributed by atoms with E-state index in [2.05, 4.69) is 9.97 Å². The van der Waals surface area contributed by atoms with Gasteiger partial charge in [0.25, 0.3) is 5.56 Å². The Bertz CT molecular complexity index is 1130. The van der Waals surface area contributed by atoms with Crippen molar-refractivity contribution in [1.29, 1.82) is 0 Å². The normalized spacial score (nSPS) is 14.2. The number of rotatable bonds is 6. The van der Waals surface area contributed by atoms with E-state index in [0.29, 0.717) is 13.1 Å². The van der Waals surface area contributed by atoms with Crippen molar-refractivity contribution < 1.29 is 32.2 Å². The zero-order valence-corrected chi connectivity index (χ0v) is 19.1. The summed E-state index contributed by atoms with van der Waals surface area (Å²) in [6.07, 6.45) is -3.84. The Morgan fingerprint density at radius 3 is 2.12 bits per heavy atom. The zero-order chi connectivity index (χ0) is 25.0. The lowest BCUT2D eigenvalue weighted by Crippen LogP contribution is -2.48. The smallest absolute Gasteiger partial charge is 0.417 e. The first-order chi connectivity index (χ1) is 16.1. The van der Waals surface area contributed by atoms with Gasteiger partial charge in [-0.15, -0.1) is 0 Å². The Morgan fingerprint density at radius 1 is 1.03 bits per heavy atom. The van der Waals surface area contributed by atoms with Gasteiger partial charge >= 0.3 is 18.1 Å². The summed E-state index contributed by atoms with van der Waals surface area (Å²) in [6.45, 7) is 4.48. The van der Waals surface area contributed by atoms with E-state index in [1.54, 1.807) is 23.6 Å². The number of carbonyl (C=O) groups is 2. The van der Waals surface area contributed by atoms with Crippen LogP contribution in [0.1, 0.15) is 40.1 Å². The van der Waals surface area contributed by atoms with Gasteiger partial charge in [0, 0.05) is 32.4 Å². The molecule has 0 radical (unpaired) electrons. The standard InChI is InChI=1S/C21H22ClF3N4O5/c1-3-33-19(31)13-10-14(20(32)34-4-2)18(30)27-16(13)28-5-7-29(8-6-28)17-15(22)9-12(11-26-17)21(23,24)25/h9-11H,3-8H2,1-2H3,(H,27,30). The zero-order valence-electron chi connectivity index (χ0n) is 18.4. The van der Waals surface area contributed by atoms with Crippen molar-refractivity contribution in [2.75, 3.05) is 49.2 Å². The van der Waals surface area contributed by atoms with Gasteiger partial charge in [0.1, 0.15) is 22.8 Å². The molecule has 3 rings (SSSR count). The summed E-state index contributed by atoms with van der Waals surface area (Å²) >= 11 is 6.05. The van der Waals surface area contributed by atoms with Gasteiger partial charge in [-0.05, 0) is 26.0 Å². The van der Waals surface area contributed by atoms with Crippen LogP contribution in [-0.2, 0) is 15.7 Å². The number of carbonyl (C=O) groups excluding carboxylic acids is 2. The number of esters is 2. The molecule has 0 amide bonds. The summed E-state index contributed by atoms with van der Waals surface area (Å²) in [5.74, 6) is -1.23. The molecule has 1 aliphatic heterocycles. The third-order valence-electron chi connectivity index (χ3n) is 5.06. The average molecular weight is 503 g/mol. The van der Waals surface area contributed by atoms with Gasteiger partial charge in [-0.1, -0.05) is 11.6 Å². The fourth-order valence-corrected chi connectivity index (χ4v) is 3.74. The van der Waals surface area contributed by atoms with Crippen LogP contribution in [0.3, 0.4) is 0 Å². The molecule has 0 aromatic carbocycles. The lowest BCUT2D eigenvalue weighted by Gasteiger charge is -2.37. The third kappa shape index (κ3) is 5.44. The van der Waals surface area contributed by atoms with Crippen molar-refractivity contribution >= 4 is 35.2 Å². The van der Waals surface area contributed by atoms with Crippen molar-refractivity contribution in [3.63, 3.8) is 0 Å². The number of nitrogens with zero attached hydrogens (tertiary/aromatic N) is 3. The fourth-order valence-electron chi connectivity index (χ4n) is 3.46. The molecule has 1 fully saturated rings. The van der Waals surface area contributed by atoms with Crippen LogP contribution in [0, 0.1) is 0 Å². The van der Waals surface area contributed by atoms with Crippen molar-refractivity contribution in [3.05, 3.63) is 50.4 Å². The molecule has 0 saturated carbocycles. The van der Waals surface area contributed by atoms with E-state index in [9.17, 15) is 27.6 Å². The predicted molar refractivity (Wildman–Crippen MR) is 118 cm³/mol. The number of hydrogen-bond donors (Lipinski definition) is 1. The van der Waals surface area contributed by atoms with Gasteiger partial charge in [-0.25, -0.2) is 14.6 Å².